The van der Waals surface area contributed by atoms with E-state index in [1.165, 1.54) is 7.05 Å². The van der Waals surface area contributed by atoms with Gasteiger partial charge in [0.1, 0.15) is 5.82 Å². The van der Waals surface area contributed by atoms with Crippen LogP contribution in [0.3, 0.4) is 0 Å². The third kappa shape index (κ3) is 5.09. The molecule has 0 aliphatic carbocycles. The van der Waals surface area contributed by atoms with E-state index < -0.39 is 21.7 Å². The van der Waals surface area contributed by atoms with Gasteiger partial charge in [0.15, 0.2) is 0 Å². The topological polar surface area (TPSA) is 54.5 Å². The normalized spacial score (nSPS) is 12.3. The fourth-order valence-electron chi connectivity index (χ4n) is 3.17. The van der Waals surface area contributed by atoms with Crippen LogP contribution in [-0.2, 0) is 21.2 Å². The van der Waals surface area contributed by atoms with Crippen LogP contribution in [0.5, 0.6) is 0 Å². The summed E-state index contributed by atoms with van der Waals surface area (Å²) >= 11 is 0. The second-order valence-electron chi connectivity index (χ2n) is 6.82. The lowest BCUT2D eigenvalue weighted by Crippen LogP contribution is -2.34. The number of nitrogens with zero attached hydrogens (tertiary/aromatic N) is 1. The van der Waals surface area contributed by atoms with E-state index in [4.69, 9.17) is 0 Å². The molecule has 1 atom stereocenters. The molecule has 0 fully saturated rings. The van der Waals surface area contributed by atoms with Crippen molar-refractivity contribution in [1.82, 2.24) is 4.31 Å². The van der Waals surface area contributed by atoms with Gasteiger partial charge in [-0.1, -0.05) is 60.7 Å². The number of amides is 1. The quantitative estimate of drug-likeness (QED) is 0.579. The van der Waals surface area contributed by atoms with Crippen LogP contribution in [0.15, 0.2) is 89.8 Å². The largest absolute Gasteiger partial charge is 0.274 e. The molecule has 0 bridgehead atoms. The Bertz CT molecular complexity index is 1050. The van der Waals surface area contributed by atoms with Gasteiger partial charge in [-0.25, -0.2) is 17.1 Å². The molecular formula is C23H22FNO3S. The molecule has 0 spiro atoms. The first kappa shape index (κ1) is 20.7. The summed E-state index contributed by atoms with van der Waals surface area (Å²) in [6, 6.07) is 23.8. The van der Waals surface area contributed by atoms with Gasteiger partial charge >= 0.3 is 0 Å². The predicted octanol–water partition coefficient (Wildman–Crippen LogP) is 4.39. The van der Waals surface area contributed by atoms with Gasteiger partial charge in [-0.2, -0.15) is 0 Å². The minimum atomic E-state index is -4.04. The molecule has 1 amide bonds. The molecular weight excluding hydrogens is 389 g/mol. The van der Waals surface area contributed by atoms with Gasteiger partial charge in [-0.05, 0) is 47.7 Å². The lowest BCUT2D eigenvalue weighted by Gasteiger charge is -2.22. The van der Waals surface area contributed by atoms with Crippen LogP contribution < -0.4 is 0 Å². The molecule has 0 saturated heterocycles. The first-order valence-corrected chi connectivity index (χ1v) is 10.7. The molecule has 3 aromatic rings. The smallest absolute Gasteiger partial charge is 0.266 e. The molecule has 4 nitrogen and oxygen atoms in total. The number of sulfonamides is 1. The standard InChI is InChI=1S/C23H22FNO3S/c1-25(29(27,28)22-14-12-21(24)13-15-22)23(26)17-20(19-10-6-3-7-11-19)16-18-8-4-2-5-9-18/h2-15,20H,16-17H2,1H3. The third-order valence-electron chi connectivity index (χ3n) is 4.84. The summed E-state index contributed by atoms with van der Waals surface area (Å²) in [5.41, 5.74) is 2.04. The van der Waals surface area contributed by atoms with Gasteiger partial charge < -0.3 is 0 Å². The molecule has 3 aromatic carbocycles. The van der Waals surface area contributed by atoms with Crippen molar-refractivity contribution in [3.05, 3.63) is 102 Å². The van der Waals surface area contributed by atoms with Gasteiger partial charge in [-0.3, -0.25) is 4.79 Å². The predicted molar refractivity (Wildman–Crippen MR) is 110 cm³/mol. The highest BCUT2D eigenvalue weighted by Crippen LogP contribution is 2.26. The molecule has 29 heavy (non-hydrogen) atoms. The molecule has 1 unspecified atom stereocenters. The number of halogens is 1. The maximum absolute atomic E-state index is 13.1. The van der Waals surface area contributed by atoms with E-state index in [9.17, 15) is 17.6 Å². The van der Waals surface area contributed by atoms with E-state index in [1.807, 2.05) is 60.7 Å². The Hall–Kier alpha value is -2.99. The molecule has 0 saturated carbocycles. The summed E-state index contributed by atoms with van der Waals surface area (Å²) in [4.78, 5) is 12.8. The number of hydrogen-bond acceptors (Lipinski definition) is 3. The Morgan fingerprint density at radius 2 is 1.45 bits per heavy atom. The molecule has 0 aromatic heterocycles. The van der Waals surface area contributed by atoms with Gasteiger partial charge in [0.25, 0.3) is 10.0 Å². The lowest BCUT2D eigenvalue weighted by molar-refractivity contribution is -0.126. The van der Waals surface area contributed by atoms with E-state index in [-0.39, 0.29) is 17.2 Å². The highest BCUT2D eigenvalue weighted by atomic mass is 32.2. The monoisotopic (exact) mass is 411 g/mol. The van der Waals surface area contributed by atoms with Crippen molar-refractivity contribution >= 4 is 15.9 Å². The van der Waals surface area contributed by atoms with E-state index in [1.54, 1.807) is 0 Å². The molecule has 150 valence electrons. The molecule has 3 rings (SSSR count). The van der Waals surface area contributed by atoms with Crippen LogP contribution in [0.4, 0.5) is 4.39 Å². The fraction of sp³-hybridized carbons (Fsp3) is 0.174. The highest BCUT2D eigenvalue weighted by molar-refractivity contribution is 7.89. The number of rotatable bonds is 7. The van der Waals surface area contributed by atoms with E-state index in [0.29, 0.717) is 6.42 Å². The zero-order valence-electron chi connectivity index (χ0n) is 16.0. The van der Waals surface area contributed by atoms with Crippen molar-refractivity contribution in [3.63, 3.8) is 0 Å². The van der Waals surface area contributed by atoms with E-state index in [2.05, 4.69) is 0 Å². The van der Waals surface area contributed by atoms with Crippen molar-refractivity contribution in [2.75, 3.05) is 7.05 Å². The van der Waals surface area contributed by atoms with Crippen molar-refractivity contribution in [3.8, 4) is 0 Å². The number of hydrogen-bond donors (Lipinski definition) is 0. The van der Waals surface area contributed by atoms with Crippen LogP contribution in [0, 0.1) is 5.82 Å². The number of carbonyl (C=O) groups excluding carboxylic acids is 1. The average Bonchev–Trinajstić information content (AvgIpc) is 2.74. The summed E-state index contributed by atoms with van der Waals surface area (Å²) in [5.74, 6) is -1.22. The Kier molecular flexibility index (Phi) is 6.44. The maximum atomic E-state index is 13.1. The Labute approximate surface area is 170 Å². The van der Waals surface area contributed by atoms with E-state index >= 15 is 0 Å². The van der Waals surface area contributed by atoms with Crippen LogP contribution in [-0.4, -0.2) is 25.7 Å². The van der Waals surface area contributed by atoms with Crippen LogP contribution in [0.2, 0.25) is 0 Å². The minimum absolute atomic E-state index is 0.0375. The van der Waals surface area contributed by atoms with Gasteiger partial charge in [0.2, 0.25) is 5.91 Å². The van der Waals surface area contributed by atoms with E-state index in [0.717, 1.165) is 39.7 Å². The fourth-order valence-corrected chi connectivity index (χ4v) is 4.31. The maximum Gasteiger partial charge on any atom is 0.266 e. The lowest BCUT2D eigenvalue weighted by atomic mass is 9.89. The molecule has 0 heterocycles. The van der Waals surface area contributed by atoms with Gasteiger partial charge in [0.05, 0.1) is 4.90 Å². The zero-order chi connectivity index (χ0) is 20.9. The van der Waals surface area contributed by atoms with Crippen LogP contribution >= 0.6 is 0 Å². The second kappa shape index (κ2) is 9.01. The van der Waals surface area contributed by atoms with Gasteiger partial charge in [-0.15, -0.1) is 0 Å². The molecule has 6 heteroatoms. The van der Waals surface area contributed by atoms with Crippen molar-refractivity contribution in [1.29, 1.82) is 0 Å². The summed E-state index contributed by atoms with van der Waals surface area (Å²) in [6.07, 6.45) is 0.650. The second-order valence-corrected chi connectivity index (χ2v) is 8.79. The van der Waals surface area contributed by atoms with Crippen molar-refractivity contribution < 1.29 is 17.6 Å². The first-order valence-electron chi connectivity index (χ1n) is 9.24. The number of carbonyl (C=O) groups is 1. The zero-order valence-corrected chi connectivity index (χ0v) is 16.8. The van der Waals surface area contributed by atoms with Crippen molar-refractivity contribution in [2.45, 2.75) is 23.7 Å². The summed E-state index contributed by atoms with van der Waals surface area (Å²) in [5, 5.41) is 0. The Morgan fingerprint density at radius 3 is 2.03 bits per heavy atom. The molecule has 0 N–H and O–H groups in total. The SMILES string of the molecule is CN(C(=O)CC(Cc1ccccc1)c1ccccc1)S(=O)(=O)c1ccc(F)cc1. The van der Waals surface area contributed by atoms with Gasteiger partial charge in [0, 0.05) is 13.5 Å². The average molecular weight is 411 g/mol. The van der Waals surface area contributed by atoms with Crippen LogP contribution in [0.25, 0.3) is 0 Å². The first-order chi connectivity index (χ1) is 13.9. The third-order valence-corrected chi connectivity index (χ3v) is 6.63. The minimum Gasteiger partial charge on any atom is -0.274 e. The Morgan fingerprint density at radius 1 is 0.897 bits per heavy atom. The highest BCUT2D eigenvalue weighted by Gasteiger charge is 2.28. The molecule has 0 aliphatic heterocycles. The molecule has 0 radical (unpaired) electrons. The van der Waals surface area contributed by atoms with Crippen molar-refractivity contribution in [2.24, 2.45) is 0 Å². The summed E-state index contributed by atoms with van der Waals surface area (Å²) < 4.78 is 39.4. The Balaban J connectivity index is 1.82. The summed E-state index contributed by atoms with van der Waals surface area (Å²) in [7, 11) is -2.80. The summed E-state index contributed by atoms with van der Waals surface area (Å²) in [6.45, 7) is 0. The molecule has 0 aliphatic rings. The number of benzene rings is 3. The van der Waals surface area contributed by atoms with Crippen LogP contribution in [0.1, 0.15) is 23.5 Å².